The summed E-state index contributed by atoms with van der Waals surface area (Å²) in [7, 11) is 0. The number of alkyl halides is 4. The summed E-state index contributed by atoms with van der Waals surface area (Å²) in [5, 5.41) is 17.0. The van der Waals surface area contributed by atoms with Crippen LogP contribution in [0.2, 0.25) is 0 Å². The number of imidazole rings is 1. The summed E-state index contributed by atoms with van der Waals surface area (Å²) in [5.74, 6) is -2.21. The molecule has 0 radical (unpaired) electrons. The van der Waals surface area contributed by atoms with Crippen LogP contribution in [-0.2, 0) is 12.1 Å². The number of carboxylic acid groups (broad SMARTS) is 1. The molecule has 0 saturated heterocycles. The standard InChI is InChI=1S/C20H16F5N7O3/c1-20(8-31-13(14(22)23)7-26-16(31)15(29-20)28-19(34)35)10-6-9(2-3-11(10)21)27-17(33)12-4-5-32(30-12)18(24)25/h2-7,14,18H,8H2,1H3,(H,27,33)(H,28,29)(H,34,35). The van der Waals surface area contributed by atoms with Crippen LogP contribution < -0.4 is 10.6 Å². The molecule has 4 rings (SSSR count). The van der Waals surface area contributed by atoms with E-state index in [9.17, 15) is 31.5 Å². The van der Waals surface area contributed by atoms with Gasteiger partial charge in [-0.2, -0.15) is 13.9 Å². The summed E-state index contributed by atoms with van der Waals surface area (Å²) < 4.78 is 68.7. The van der Waals surface area contributed by atoms with Gasteiger partial charge >= 0.3 is 12.6 Å². The van der Waals surface area contributed by atoms with Gasteiger partial charge in [0.05, 0.1) is 12.7 Å². The number of amidine groups is 1. The number of rotatable bonds is 5. The minimum Gasteiger partial charge on any atom is -0.465 e. The van der Waals surface area contributed by atoms with E-state index in [-0.39, 0.29) is 39.8 Å². The fourth-order valence-electron chi connectivity index (χ4n) is 3.67. The lowest BCUT2D eigenvalue weighted by Gasteiger charge is -2.33. The number of amides is 2. The van der Waals surface area contributed by atoms with E-state index in [4.69, 9.17) is 5.11 Å². The molecule has 0 bridgehead atoms. The van der Waals surface area contributed by atoms with E-state index in [1.54, 1.807) is 0 Å². The van der Waals surface area contributed by atoms with Crippen molar-refractivity contribution in [3.05, 3.63) is 65.3 Å². The van der Waals surface area contributed by atoms with Gasteiger partial charge in [0.1, 0.15) is 17.1 Å². The fraction of sp³-hybridized carbons (Fsp3) is 0.250. The average Bonchev–Trinajstić information content (AvgIpc) is 3.42. The maximum atomic E-state index is 14.9. The topological polar surface area (TPSA) is 126 Å². The normalized spacial score (nSPS) is 17.3. The molecule has 0 aliphatic carbocycles. The summed E-state index contributed by atoms with van der Waals surface area (Å²) in [6, 6.07) is 4.43. The van der Waals surface area contributed by atoms with E-state index in [0.29, 0.717) is 0 Å². The van der Waals surface area contributed by atoms with Crippen molar-refractivity contribution in [1.29, 1.82) is 0 Å². The third-order valence-electron chi connectivity index (χ3n) is 5.22. The van der Waals surface area contributed by atoms with Gasteiger partial charge in [0.2, 0.25) is 0 Å². The largest absolute Gasteiger partial charge is 0.465 e. The minimum atomic E-state index is -2.95. The van der Waals surface area contributed by atoms with Crippen molar-refractivity contribution < 1.29 is 36.6 Å². The SMILES string of the molecule is CC1(c2cc(NC(=O)c3ccn(C(F)F)n3)ccc2F)Cn2c(C(F)F)cnc2C(NC(=O)O)=N1. The number of nitrogens with zero attached hydrogens (tertiary/aromatic N) is 5. The van der Waals surface area contributed by atoms with Gasteiger partial charge in [-0.25, -0.2) is 27.6 Å². The third kappa shape index (κ3) is 4.56. The van der Waals surface area contributed by atoms with Crippen LogP contribution in [0.3, 0.4) is 0 Å². The molecule has 3 aromatic rings. The van der Waals surface area contributed by atoms with Crippen molar-refractivity contribution in [3.8, 4) is 0 Å². The molecule has 1 aromatic carbocycles. The lowest BCUT2D eigenvalue weighted by Crippen LogP contribution is -2.42. The van der Waals surface area contributed by atoms with Crippen LogP contribution in [0, 0.1) is 5.82 Å². The Morgan fingerprint density at radius 1 is 1.17 bits per heavy atom. The van der Waals surface area contributed by atoms with Crippen molar-refractivity contribution in [2.75, 3.05) is 5.32 Å². The molecule has 2 aromatic heterocycles. The predicted octanol–water partition coefficient (Wildman–Crippen LogP) is 3.75. The van der Waals surface area contributed by atoms with Crippen LogP contribution in [0.5, 0.6) is 0 Å². The molecule has 3 N–H and O–H groups in total. The average molecular weight is 497 g/mol. The number of carbonyl (C=O) groups is 2. The lowest BCUT2D eigenvalue weighted by molar-refractivity contribution is 0.0561. The molecule has 0 fully saturated rings. The Morgan fingerprint density at radius 2 is 1.91 bits per heavy atom. The third-order valence-corrected chi connectivity index (χ3v) is 5.22. The Balaban J connectivity index is 1.71. The molecule has 2 amide bonds. The Labute approximate surface area is 193 Å². The Bertz CT molecular complexity index is 1340. The Kier molecular flexibility index (Phi) is 6.00. The van der Waals surface area contributed by atoms with Crippen LogP contribution in [0.25, 0.3) is 0 Å². The first-order valence-electron chi connectivity index (χ1n) is 9.87. The van der Waals surface area contributed by atoms with Gasteiger partial charge in [-0.15, -0.1) is 0 Å². The van der Waals surface area contributed by atoms with Gasteiger partial charge in [0.25, 0.3) is 12.3 Å². The highest BCUT2D eigenvalue weighted by Crippen LogP contribution is 2.37. The summed E-state index contributed by atoms with van der Waals surface area (Å²) in [6.07, 6.45) is -2.71. The van der Waals surface area contributed by atoms with Crippen molar-refractivity contribution in [1.82, 2.24) is 24.6 Å². The Hall–Kier alpha value is -4.30. The second kappa shape index (κ2) is 8.81. The summed E-state index contributed by atoms with van der Waals surface area (Å²) in [6.45, 7) is -1.87. The number of fused-ring (bicyclic) bond motifs is 1. The molecule has 0 spiro atoms. The van der Waals surface area contributed by atoms with Crippen molar-refractivity contribution in [2.24, 2.45) is 4.99 Å². The van der Waals surface area contributed by atoms with Crippen LogP contribution >= 0.6 is 0 Å². The number of benzene rings is 1. The van der Waals surface area contributed by atoms with E-state index >= 15 is 0 Å². The number of halogens is 5. The molecular formula is C20H16F5N7O3. The van der Waals surface area contributed by atoms with Gasteiger partial charge < -0.3 is 15.0 Å². The van der Waals surface area contributed by atoms with Crippen molar-refractivity contribution in [2.45, 2.75) is 32.0 Å². The Morgan fingerprint density at radius 3 is 2.54 bits per heavy atom. The smallest absolute Gasteiger partial charge is 0.410 e. The first kappa shape index (κ1) is 23.8. The highest BCUT2D eigenvalue weighted by Gasteiger charge is 2.38. The molecule has 184 valence electrons. The molecule has 15 heteroatoms. The highest BCUT2D eigenvalue weighted by atomic mass is 19.3. The molecule has 10 nitrogen and oxygen atoms in total. The van der Waals surface area contributed by atoms with E-state index in [2.05, 4.69) is 20.4 Å². The highest BCUT2D eigenvalue weighted by molar-refractivity contribution is 6.05. The monoisotopic (exact) mass is 497 g/mol. The van der Waals surface area contributed by atoms with E-state index in [1.807, 2.05) is 5.32 Å². The summed E-state index contributed by atoms with van der Waals surface area (Å²) in [5.41, 5.74) is -2.57. The molecular weight excluding hydrogens is 481 g/mol. The van der Waals surface area contributed by atoms with Crippen LogP contribution in [0.15, 0.2) is 41.7 Å². The zero-order valence-electron chi connectivity index (χ0n) is 17.7. The number of hydrogen-bond donors (Lipinski definition) is 3. The number of carbonyl (C=O) groups excluding carboxylic acids is 1. The number of aliphatic imine (C=N–C) groups is 1. The van der Waals surface area contributed by atoms with Crippen molar-refractivity contribution >= 4 is 23.5 Å². The minimum absolute atomic E-state index is 0.0349. The first-order chi connectivity index (χ1) is 16.5. The molecule has 0 saturated carbocycles. The fourth-order valence-corrected chi connectivity index (χ4v) is 3.67. The second-order valence-electron chi connectivity index (χ2n) is 7.67. The molecule has 1 aliphatic heterocycles. The van der Waals surface area contributed by atoms with Gasteiger partial charge in [-0.05, 0) is 31.2 Å². The molecule has 1 atom stereocenters. The molecule has 35 heavy (non-hydrogen) atoms. The van der Waals surface area contributed by atoms with Gasteiger partial charge in [-0.1, -0.05) is 0 Å². The number of nitrogens with one attached hydrogen (secondary N) is 2. The summed E-state index contributed by atoms with van der Waals surface area (Å²) >= 11 is 0. The predicted molar refractivity (Wildman–Crippen MR) is 110 cm³/mol. The second-order valence-corrected chi connectivity index (χ2v) is 7.67. The van der Waals surface area contributed by atoms with Crippen LogP contribution in [0.4, 0.5) is 32.4 Å². The number of anilines is 1. The lowest BCUT2D eigenvalue weighted by atomic mass is 9.90. The zero-order chi connectivity index (χ0) is 25.5. The number of hydrogen-bond acceptors (Lipinski definition) is 5. The van der Waals surface area contributed by atoms with E-state index in [1.165, 1.54) is 19.1 Å². The van der Waals surface area contributed by atoms with Gasteiger partial charge in [0, 0.05) is 17.4 Å². The number of aromatic nitrogens is 4. The van der Waals surface area contributed by atoms with Crippen molar-refractivity contribution in [3.63, 3.8) is 0 Å². The first-order valence-corrected chi connectivity index (χ1v) is 9.87. The zero-order valence-corrected chi connectivity index (χ0v) is 17.7. The maximum absolute atomic E-state index is 14.9. The van der Waals surface area contributed by atoms with Crippen LogP contribution in [0.1, 0.15) is 47.5 Å². The maximum Gasteiger partial charge on any atom is 0.410 e. The molecule has 3 heterocycles. The van der Waals surface area contributed by atoms with Gasteiger partial charge in [-0.3, -0.25) is 15.1 Å². The van der Waals surface area contributed by atoms with Crippen LogP contribution in [-0.4, -0.2) is 42.3 Å². The molecule has 1 aliphatic rings. The van der Waals surface area contributed by atoms with Gasteiger partial charge in [0.15, 0.2) is 17.4 Å². The summed E-state index contributed by atoms with van der Waals surface area (Å²) in [4.78, 5) is 31.7. The van der Waals surface area contributed by atoms with E-state index in [0.717, 1.165) is 29.1 Å². The molecule has 1 unspecified atom stereocenters. The van der Waals surface area contributed by atoms with E-state index < -0.39 is 42.0 Å². The quantitative estimate of drug-likeness (QED) is 0.463.